The van der Waals surface area contributed by atoms with E-state index < -0.39 is 0 Å². The van der Waals surface area contributed by atoms with Crippen LogP contribution in [0.1, 0.15) is 44.6 Å². The fourth-order valence-electron chi connectivity index (χ4n) is 2.92. The zero-order valence-corrected chi connectivity index (χ0v) is 12.8. The van der Waals surface area contributed by atoms with Gasteiger partial charge in [-0.25, -0.2) is 0 Å². The first-order valence-corrected chi connectivity index (χ1v) is 7.87. The monoisotopic (exact) mass is 290 g/mol. The Balaban J connectivity index is 1.94. The molecule has 1 amide bonds. The number of aliphatic hydroxyl groups is 1. The lowest BCUT2D eigenvalue weighted by Crippen LogP contribution is -2.37. The Morgan fingerprint density at radius 2 is 2.00 bits per heavy atom. The molecule has 2 rings (SSSR count). The second-order valence-corrected chi connectivity index (χ2v) is 6.08. The topological polar surface area (TPSA) is 75.3 Å². The first kappa shape index (κ1) is 15.8. The van der Waals surface area contributed by atoms with Crippen LogP contribution in [0.5, 0.6) is 0 Å². The highest BCUT2D eigenvalue weighted by Gasteiger charge is 2.51. The maximum absolute atomic E-state index is 12.5. The van der Waals surface area contributed by atoms with Crippen molar-refractivity contribution in [2.45, 2.75) is 44.4 Å². The number of anilines is 1. The summed E-state index contributed by atoms with van der Waals surface area (Å²) in [6.07, 6.45) is 4.67. The van der Waals surface area contributed by atoms with Crippen molar-refractivity contribution in [3.05, 3.63) is 29.8 Å². The van der Waals surface area contributed by atoms with Gasteiger partial charge in [-0.2, -0.15) is 0 Å². The van der Waals surface area contributed by atoms with E-state index in [0.29, 0.717) is 12.5 Å². The minimum absolute atomic E-state index is 0.117. The molecule has 1 fully saturated rings. The predicted octanol–water partition coefficient (Wildman–Crippen LogP) is 2.22. The standard InChI is InChI=1S/C17H26N2O2/c1-2-3-13(8-11-20)12-19-16(21)17(9-10-17)14-4-6-15(18)7-5-14/h4-7,13,20H,2-3,8-12,18H2,1H3,(H,19,21). The zero-order chi connectivity index (χ0) is 15.3. The van der Waals surface area contributed by atoms with E-state index in [9.17, 15) is 4.79 Å². The normalized spacial score (nSPS) is 17.2. The van der Waals surface area contributed by atoms with Gasteiger partial charge in [0.15, 0.2) is 0 Å². The fourth-order valence-corrected chi connectivity index (χ4v) is 2.92. The first-order chi connectivity index (χ1) is 10.1. The van der Waals surface area contributed by atoms with Crippen molar-refractivity contribution in [3.8, 4) is 0 Å². The number of aliphatic hydroxyl groups excluding tert-OH is 1. The number of carbonyl (C=O) groups is 1. The van der Waals surface area contributed by atoms with Crippen LogP contribution in [0, 0.1) is 5.92 Å². The van der Waals surface area contributed by atoms with Crippen LogP contribution >= 0.6 is 0 Å². The van der Waals surface area contributed by atoms with E-state index in [1.165, 1.54) is 0 Å². The van der Waals surface area contributed by atoms with Crippen LogP contribution in [0.2, 0.25) is 0 Å². The van der Waals surface area contributed by atoms with Crippen molar-refractivity contribution in [1.82, 2.24) is 5.32 Å². The summed E-state index contributed by atoms with van der Waals surface area (Å²) in [5, 5.41) is 12.2. The number of hydrogen-bond donors (Lipinski definition) is 3. The highest BCUT2D eigenvalue weighted by molar-refractivity contribution is 5.91. The van der Waals surface area contributed by atoms with E-state index in [1.807, 2.05) is 24.3 Å². The molecule has 4 nitrogen and oxygen atoms in total. The Labute approximate surface area is 126 Å². The van der Waals surface area contributed by atoms with Gasteiger partial charge < -0.3 is 16.2 Å². The Morgan fingerprint density at radius 1 is 1.33 bits per heavy atom. The largest absolute Gasteiger partial charge is 0.399 e. The molecule has 1 aliphatic rings. The molecular weight excluding hydrogens is 264 g/mol. The number of nitrogen functional groups attached to an aromatic ring is 1. The van der Waals surface area contributed by atoms with Crippen LogP contribution in [0.15, 0.2) is 24.3 Å². The highest BCUT2D eigenvalue weighted by atomic mass is 16.3. The molecule has 0 heterocycles. The Morgan fingerprint density at radius 3 is 2.52 bits per heavy atom. The molecule has 1 atom stereocenters. The fraction of sp³-hybridized carbons (Fsp3) is 0.588. The van der Waals surface area contributed by atoms with Gasteiger partial charge in [-0.1, -0.05) is 25.5 Å². The number of hydrogen-bond acceptors (Lipinski definition) is 3. The van der Waals surface area contributed by atoms with Crippen LogP contribution in [-0.4, -0.2) is 24.2 Å². The molecule has 116 valence electrons. The third-order valence-corrected chi connectivity index (χ3v) is 4.43. The lowest BCUT2D eigenvalue weighted by molar-refractivity contribution is -0.123. The molecule has 1 saturated carbocycles. The van der Waals surface area contributed by atoms with E-state index in [0.717, 1.165) is 43.4 Å². The van der Waals surface area contributed by atoms with E-state index in [2.05, 4.69) is 12.2 Å². The Kier molecular flexibility index (Phi) is 5.23. The summed E-state index contributed by atoms with van der Waals surface area (Å²) < 4.78 is 0. The van der Waals surface area contributed by atoms with Crippen LogP contribution in [0.4, 0.5) is 5.69 Å². The molecule has 1 aromatic carbocycles. The summed E-state index contributed by atoms with van der Waals surface area (Å²) in [5.74, 6) is 0.484. The summed E-state index contributed by atoms with van der Waals surface area (Å²) in [7, 11) is 0. The zero-order valence-electron chi connectivity index (χ0n) is 12.8. The molecule has 1 aliphatic carbocycles. The number of benzene rings is 1. The maximum atomic E-state index is 12.5. The Hall–Kier alpha value is -1.55. The van der Waals surface area contributed by atoms with Gasteiger partial charge in [0, 0.05) is 18.8 Å². The van der Waals surface area contributed by atoms with Crippen molar-refractivity contribution < 1.29 is 9.90 Å². The lowest BCUT2D eigenvalue weighted by Gasteiger charge is -2.20. The second kappa shape index (κ2) is 6.94. The second-order valence-electron chi connectivity index (χ2n) is 6.08. The summed E-state index contributed by atoms with van der Waals surface area (Å²) in [5.41, 5.74) is 7.15. The van der Waals surface area contributed by atoms with E-state index in [1.54, 1.807) is 0 Å². The average molecular weight is 290 g/mol. The molecule has 4 heteroatoms. The molecule has 1 aromatic rings. The molecule has 4 N–H and O–H groups in total. The minimum Gasteiger partial charge on any atom is -0.399 e. The van der Waals surface area contributed by atoms with Gasteiger partial charge in [-0.3, -0.25) is 4.79 Å². The number of carbonyl (C=O) groups excluding carboxylic acids is 1. The van der Waals surface area contributed by atoms with E-state index in [-0.39, 0.29) is 17.9 Å². The predicted molar refractivity (Wildman–Crippen MR) is 84.9 cm³/mol. The summed E-state index contributed by atoms with van der Waals surface area (Å²) in [6.45, 7) is 2.97. The van der Waals surface area contributed by atoms with Gasteiger partial charge in [0.1, 0.15) is 0 Å². The smallest absolute Gasteiger partial charge is 0.230 e. The van der Waals surface area contributed by atoms with Crippen molar-refractivity contribution in [3.63, 3.8) is 0 Å². The van der Waals surface area contributed by atoms with Gasteiger partial charge in [0.2, 0.25) is 5.91 Å². The van der Waals surface area contributed by atoms with Crippen LogP contribution < -0.4 is 11.1 Å². The molecule has 21 heavy (non-hydrogen) atoms. The van der Waals surface area contributed by atoms with Gasteiger partial charge >= 0.3 is 0 Å². The molecule has 0 spiro atoms. The molecule has 0 saturated heterocycles. The maximum Gasteiger partial charge on any atom is 0.230 e. The number of nitrogens with two attached hydrogens (primary N) is 1. The molecule has 1 unspecified atom stereocenters. The van der Waals surface area contributed by atoms with Crippen LogP contribution in [0.25, 0.3) is 0 Å². The molecule has 0 aliphatic heterocycles. The number of nitrogens with one attached hydrogen (secondary N) is 1. The number of amides is 1. The molecular formula is C17H26N2O2. The van der Waals surface area contributed by atoms with Crippen molar-refractivity contribution in [1.29, 1.82) is 0 Å². The van der Waals surface area contributed by atoms with Gasteiger partial charge in [-0.15, -0.1) is 0 Å². The highest BCUT2D eigenvalue weighted by Crippen LogP contribution is 2.48. The van der Waals surface area contributed by atoms with E-state index in [4.69, 9.17) is 10.8 Å². The summed E-state index contributed by atoms with van der Waals surface area (Å²) in [6, 6.07) is 7.63. The summed E-state index contributed by atoms with van der Waals surface area (Å²) >= 11 is 0. The SMILES string of the molecule is CCCC(CCO)CNC(=O)C1(c2ccc(N)cc2)CC1. The Bertz CT molecular complexity index is 460. The van der Waals surface area contributed by atoms with Crippen molar-refractivity contribution in [2.75, 3.05) is 18.9 Å². The van der Waals surface area contributed by atoms with Gasteiger partial charge in [-0.05, 0) is 49.3 Å². The third-order valence-electron chi connectivity index (χ3n) is 4.43. The molecule has 0 bridgehead atoms. The lowest BCUT2D eigenvalue weighted by atomic mass is 9.94. The minimum atomic E-state index is -0.344. The van der Waals surface area contributed by atoms with Gasteiger partial charge in [0.25, 0.3) is 0 Å². The quantitative estimate of drug-likeness (QED) is 0.643. The number of rotatable bonds is 8. The van der Waals surface area contributed by atoms with Gasteiger partial charge in [0.05, 0.1) is 5.41 Å². The molecule has 0 aromatic heterocycles. The average Bonchev–Trinajstić information content (AvgIpc) is 3.27. The van der Waals surface area contributed by atoms with Crippen molar-refractivity contribution in [2.24, 2.45) is 5.92 Å². The van der Waals surface area contributed by atoms with E-state index >= 15 is 0 Å². The van der Waals surface area contributed by atoms with Crippen molar-refractivity contribution >= 4 is 11.6 Å². The first-order valence-electron chi connectivity index (χ1n) is 7.87. The molecule has 0 radical (unpaired) electrons. The third kappa shape index (κ3) is 3.76. The summed E-state index contributed by atoms with van der Waals surface area (Å²) in [4.78, 5) is 12.5. The van der Waals surface area contributed by atoms with Crippen LogP contribution in [-0.2, 0) is 10.2 Å². The van der Waals surface area contributed by atoms with Crippen LogP contribution in [0.3, 0.4) is 0 Å².